The van der Waals surface area contributed by atoms with E-state index in [9.17, 15) is 22.8 Å². The van der Waals surface area contributed by atoms with Gasteiger partial charge in [0.25, 0.3) is 11.8 Å². The number of carbonyl (C=O) groups excluding carboxylic acids is 2. The number of aliphatic imine (C=N–C) groups is 1. The number of halogens is 3. The zero-order valence-corrected chi connectivity index (χ0v) is 21.4. The number of hydrogen-bond acceptors (Lipinski definition) is 6. The third kappa shape index (κ3) is 4.84. The third-order valence-electron chi connectivity index (χ3n) is 6.97. The molecule has 1 unspecified atom stereocenters. The molecule has 0 aliphatic carbocycles. The molecule has 11 heteroatoms. The van der Waals surface area contributed by atoms with Gasteiger partial charge in [-0.3, -0.25) is 14.5 Å². The van der Waals surface area contributed by atoms with E-state index in [1.165, 1.54) is 28.3 Å². The Labute approximate surface area is 223 Å². The van der Waals surface area contributed by atoms with E-state index < -0.39 is 28.7 Å². The molecule has 0 fully saturated rings. The molecule has 2 aliphatic heterocycles. The maximum Gasteiger partial charge on any atom is 0.417 e. The number of aromatic nitrogens is 2. The predicted molar refractivity (Wildman–Crippen MR) is 137 cm³/mol. The molecule has 39 heavy (non-hydrogen) atoms. The average Bonchev–Trinajstić information content (AvgIpc) is 3.43. The van der Waals surface area contributed by atoms with Gasteiger partial charge in [-0.15, -0.1) is 0 Å². The topological polar surface area (TPSA) is 105 Å². The van der Waals surface area contributed by atoms with Crippen LogP contribution in [-0.4, -0.2) is 37.5 Å². The lowest BCUT2D eigenvalue weighted by molar-refractivity contribution is -0.138. The quantitative estimate of drug-likeness (QED) is 0.507. The maximum atomic E-state index is 13.9. The van der Waals surface area contributed by atoms with Gasteiger partial charge in [0.15, 0.2) is 11.5 Å². The van der Waals surface area contributed by atoms with Gasteiger partial charge in [0.2, 0.25) is 0 Å². The summed E-state index contributed by atoms with van der Waals surface area (Å²) in [6, 6.07) is 12.4. The van der Waals surface area contributed by atoms with Crippen LogP contribution in [0.15, 0.2) is 66.0 Å². The summed E-state index contributed by atoms with van der Waals surface area (Å²) in [5, 5.41) is 0. The van der Waals surface area contributed by atoms with Crippen LogP contribution in [0.5, 0.6) is 0 Å². The highest BCUT2D eigenvalue weighted by molar-refractivity contribution is 6.07. The van der Waals surface area contributed by atoms with E-state index in [4.69, 9.17) is 5.73 Å². The molecule has 5 rings (SSSR count). The summed E-state index contributed by atoms with van der Waals surface area (Å²) in [4.78, 5) is 42.4. The number of alkyl halides is 3. The van der Waals surface area contributed by atoms with Gasteiger partial charge in [0, 0.05) is 18.3 Å². The van der Waals surface area contributed by atoms with Crippen molar-refractivity contribution in [3.63, 3.8) is 0 Å². The zero-order chi connectivity index (χ0) is 27.9. The van der Waals surface area contributed by atoms with E-state index in [-0.39, 0.29) is 37.4 Å². The molecule has 3 aromatic rings. The summed E-state index contributed by atoms with van der Waals surface area (Å²) in [6.07, 6.45) is -1.46. The molecule has 1 atom stereocenters. The molecule has 0 saturated heterocycles. The van der Waals surface area contributed by atoms with Crippen molar-refractivity contribution in [1.29, 1.82) is 0 Å². The summed E-state index contributed by atoms with van der Waals surface area (Å²) < 4.78 is 41.8. The van der Waals surface area contributed by atoms with Gasteiger partial charge in [-0.05, 0) is 35.6 Å². The molecule has 1 aromatic heterocycles. The number of benzene rings is 2. The lowest BCUT2D eigenvalue weighted by Gasteiger charge is -2.28. The summed E-state index contributed by atoms with van der Waals surface area (Å²) in [5.74, 6) is -1.06. The van der Waals surface area contributed by atoms with Gasteiger partial charge >= 0.3 is 6.18 Å². The number of amides is 2. The van der Waals surface area contributed by atoms with Crippen molar-refractivity contribution in [2.45, 2.75) is 51.6 Å². The van der Waals surface area contributed by atoms with Crippen molar-refractivity contribution in [3.05, 3.63) is 94.6 Å². The molecule has 2 N–H and O–H groups in total. The second-order valence-electron chi connectivity index (χ2n) is 10.2. The zero-order valence-electron chi connectivity index (χ0n) is 21.4. The number of rotatable bonds is 6. The van der Waals surface area contributed by atoms with Crippen LogP contribution in [0.1, 0.15) is 58.6 Å². The molecule has 0 saturated carbocycles. The number of fused-ring (bicyclic) bond motifs is 1. The number of hydrogen-bond donors (Lipinski definition) is 1. The molecular formula is C28H27F3N6O2. The van der Waals surface area contributed by atoms with Gasteiger partial charge in [-0.2, -0.15) is 13.2 Å². The highest BCUT2D eigenvalue weighted by Crippen LogP contribution is 2.40. The Bertz CT molecular complexity index is 1430. The van der Waals surface area contributed by atoms with Crippen molar-refractivity contribution < 1.29 is 22.8 Å². The number of carbonyl (C=O) groups is 2. The lowest BCUT2D eigenvalue weighted by atomic mass is 9.82. The molecular weight excluding hydrogens is 509 g/mol. The third-order valence-corrected chi connectivity index (χ3v) is 6.97. The monoisotopic (exact) mass is 536 g/mol. The smallest absolute Gasteiger partial charge is 0.369 e. The summed E-state index contributed by atoms with van der Waals surface area (Å²) in [6.45, 7) is 4.00. The van der Waals surface area contributed by atoms with Crippen LogP contribution in [0, 0.1) is 5.92 Å². The van der Waals surface area contributed by atoms with Crippen LogP contribution in [0.2, 0.25) is 0 Å². The second kappa shape index (κ2) is 9.79. The molecule has 3 heterocycles. The Balaban J connectivity index is 1.47. The van der Waals surface area contributed by atoms with Gasteiger partial charge in [0.1, 0.15) is 6.33 Å². The van der Waals surface area contributed by atoms with E-state index in [1.54, 1.807) is 6.20 Å². The summed E-state index contributed by atoms with van der Waals surface area (Å²) in [7, 11) is 0. The SMILES string of the molecule is CC(C)CC1(c2ccccc2)N=C(N)N(Cc2ccc(C(F)(F)F)c(C(=O)N3Cc4cncnc4C3)c2)C1=O. The Hall–Kier alpha value is -4.28. The van der Waals surface area contributed by atoms with Gasteiger partial charge < -0.3 is 10.6 Å². The number of nitrogens with two attached hydrogens (primary N) is 1. The van der Waals surface area contributed by atoms with Crippen LogP contribution in [0.4, 0.5) is 13.2 Å². The standard InChI is InChI=1S/C28H27F3N6O2/c1-17(2)11-27(20-6-4-3-5-7-20)25(39)37(26(32)35-27)13-18-8-9-22(28(29,30)31)21(10-18)24(38)36-14-19-12-33-16-34-23(19)15-36/h3-10,12,16-17H,11,13-15H2,1-2H3,(H2,32,35). The van der Waals surface area contributed by atoms with Crippen LogP contribution in [-0.2, 0) is 36.1 Å². The molecule has 0 spiro atoms. The fourth-order valence-corrected chi connectivity index (χ4v) is 5.24. The average molecular weight is 537 g/mol. The highest BCUT2D eigenvalue weighted by Gasteiger charge is 2.49. The Morgan fingerprint density at radius 3 is 2.54 bits per heavy atom. The van der Waals surface area contributed by atoms with Crippen molar-refractivity contribution in [2.75, 3.05) is 0 Å². The van der Waals surface area contributed by atoms with Gasteiger partial charge in [-0.25, -0.2) is 15.0 Å². The molecule has 2 amide bonds. The van der Waals surface area contributed by atoms with Gasteiger partial charge in [0.05, 0.1) is 29.9 Å². The van der Waals surface area contributed by atoms with Gasteiger partial charge in [-0.1, -0.05) is 50.2 Å². The molecule has 0 radical (unpaired) electrons. The lowest BCUT2D eigenvalue weighted by Crippen LogP contribution is -2.43. The predicted octanol–water partition coefficient (Wildman–Crippen LogP) is 4.25. The van der Waals surface area contributed by atoms with E-state index in [0.717, 1.165) is 6.07 Å². The molecule has 2 aromatic carbocycles. The summed E-state index contributed by atoms with van der Waals surface area (Å²) in [5.41, 5.74) is 5.75. The van der Waals surface area contributed by atoms with E-state index in [0.29, 0.717) is 28.8 Å². The summed E-state index contributed by atoms with van der Waals surface area (Å²) >= 11 is 0. The second-order valence-corrected chi connectivity index (χ2v) is 10.2. The van der Waals surface area contributed by atoms with Crippen molar-refractivity contribution >= 4 is 17.8 Å². The minimum absolute atomic E-state index is 0.0224. The normalized spacial score (nSPS) is 19.0. The van der Waals surface area contributed by atoms with E-state index in [1.807, 2.05) is 44.2 Å². The van der Waals surface area contributed by atoms with E-state index in [2.05, 4.69) is 15.0 Å². The minimum Gasteiger partial charge on any atom is -0.369 e. The van der Waals surface area contributed by atoms with Crippen molar-refractivity contribution in [2.24, 2.45) is 16.6 Å². The first kappa shape index (κ1) is 26.3. The first-order valence-corrected chi connectivity index (χ1v) is 12.5. The Kier molecular flexibility index (Phi) is 6.61. The highest BCUT2D eigenvalue weighted by atomic mass is 19.4. The van der Waals surface area contributed by atoms with Crippen LogP contribution < -0.4 is 5.73 Å². The number of guanidine groups is 1. The molecule has 0 bridgehead atoms. The first-order chi connectivity index (χ1) is 18.5. The largest absolute Gasteiger partial charge is 0.417 e. The molecule has 2 aliphatic rings. The minimum atomic E-state index is -4.75. The van der Waals surface area contributed by atoms with Crippen molar-refractivity contribution in [1.82, 2.24) is 19.8 Å². The fraction of sp³-hybridized carbons (Fsp3) is 0.321. The Morgan fingerprint density at radius 1 is 1.13 bits per heavy atom. The fourth-order valence-electron chi connectivity index (χ4n) is 5.24. The molecule has 202 valence electrons. The van der Waals surface area contributed by atoms with Crippen LogP contribution in [0.25, 0.3) is 0 Å². The first-order valence-electron chi connectivity index (χ1n) is 12.5. The van der Waals surface area contributed by atoms with Crippen LogP contribution >= 0.6 is 0 Å². The Morgan fingerprint density at radius 2 is 1.87 bits per heavy atom. The van der Waals surface area contributed by atoms with Crippen LogP contribution in [0.3, 0.4) is 0 Å². The maximum absolute atomic E-state index is 13.9. The molecule has 8 nitrogen and oxygen atoms in total. The van der Waals surface area contributed by atoms with Crippen molar-refractivity contribution in [3.8, 4) is 0 Å². The number of nitrogens with zero attached hydrogens (tertiary/aromatic N) is 5. The van der Waals surface area contributed by atoms with E-state index >= 15 is 0 Å².